The molecule has 24 heavy (non-hydrogen) atoms. The quantitative estimate of drug-likeness (QED) is 0.775. The van der Waals surface area contributed by atoms with E-state index in [1.165, 1.54) is 13.2 Å². The summed E-state index contributed by atoms with van der Waals surface area (Å²) in [4.78, 5) is 1.83. The standard InChI is InChI=1S/C18H20ClFN2OS/c1-11-7-12(2)17(14(19)8-11)21-18(24)22(3)10-13-5-6-16(23-4)15(20)9-13/h5-9H,10H2,1-4H3,(H,21,24). The number of methoxy groups -OCH3 is 1. The van der Waals surface area contributed by atoms with Gasteiger partial charge >= 0.3 is 0 Å². The monoisotopic (exact) mass is 366 g/mol. The van der Waals surface area contributed by atoms with Crippen molar-refractivity contribution in [3.05, 3.63) is 57.9 Å². The zero-order chi connectivity index (χ0) is 17.9. The maximum Gasteiger partial charge on any atom is 0.173 e. The Kier molecular flexibility index (Phi) is 6.02. The summed E-state index contributed by atoms with van der Waals surface area (Å²) >= 11 is 11.7. The van der Waals surface area contributed by atoms with E-state index in [4.69, 9.17) is 28.6 Å². The van der Waals surface area contributed by atoms with Crippen LogP contribution in [0.5, 0.6) is 5.75 Å². The third-order valence-electron chi connectivity index (χ3n) is 3.65. The molecule has 0 bridgehead atoms. The molecule has 0 aliphatic rings. The minimum atomic E-state index is -0.389. The maximum atomic E-state index is 13.8. The minimum Gasteiger partial charge on any atom is -0.494 e. The van der Waals surface area contributed by atoms with Gasteiger partial charge in [-0.05, 0) is 61.0 Å². The third kappa shape index (κ3) is 4.36. The van der Waals surface area contributed by atoms with Crippen molar-refractivity contribution < 1.29 is 9.13 Å². The van der Waals surface area contributed by atoms with Gasteiger partial charge in [0, 0.05) is 13.6 Å². The van der Waals surface area contributed by atoms with Gasteiger partial charge in [0.2, 0.25) is 0 Å². The number of hydrogen-bond donors (Lipinski definition) is 1. The summed E-state index contributed by atoms with van der Waals surface area (Å²) in [5.74, 6) is -0.163. The molecule has 2 rings (SSSR count). The molecule has 0 aliphatic carbocycles. The molecule has 0 heterocycles. The fraction of sp³-hybridized carbons (Fsp3) is 0.278. The van der Waals surface area contributed by atoms with Gasteiger partial charge in [-0.2, -0.15) is 0 Å². The van der Waals surface area contributed by atoms with Crippen LogP contribution in [0.25, 0.3) is 0 Å². The molecule has 0 amide bonds. The lowest BCUT2D eigenvalue weighted by molar-refractivity contribution is 0.385. The van der Waals surface area contributed by atoms with Gasteiger partial charge in [-0.15, -0.1) is 0 Å². The van der Waals surface area contributed by atoms with Crippen LogP contribution < -0.4 is 10.1 Å². The van der Waals surface area contributed by atoms with Gasteiger partial charge in [-0.1, -0.05) is 23.7 Å². The van der Waals surface area contributed by atoms with Crippen molar-refractivity contribution in [2.75, 3.05) is 19.5 Å². The maximum absolute atomic E-state index is 13.8. The second kappa shape index (κ2) is 7.81. The summed E-state index contributed by atoms with van der Waals surface area (Å²) in [6, 6.07) is 8.79. The van der Waals surface area contributed by atoms with Gasteiger partial charge in [-0.25, -0.2) is 4.39 Å². The number of benzene rings is 2. The highest BCUT2D eigenvalue weighted by Gasteiger charge is 2.12. The molecule has 128 valence electrons. The Morgan fingerprint density at radius 3 is 2.58 bits per heavy atom. The number of thiocarbonyl (C=S) groups is 1. The normalized spacial score (nSPS) is 10.4. The van der Waals surface area contributed by atoms with Crippen molar-refractivity contribution in [1.29, 1.82) is 0 Å². The highest BCUT2D eigenvalue weighted by molar-refractivity contribution is 7.80. The Balaban J connectivity index is 2.09. The molecule has 6 heteroatoms. The first kappa shape index (κ1) is 18.5. The highest BCUT2D eigenvalue weighted by atomic mass is 35.5. The molecule has 0 spiro atoms. The molecule has 0 saturated heterocycles. The molecule has 2 aromatic carbocycles. The SMILES string of the molecule is COc1ccc(CN(C)C(=S)Nc2c(C)cc(C)cc2Cl)cc1F. The number of rotatable bonds is 4. The first-order valence-corrected chi connectivity index (χ1v) is 8.21. The number of nitrogens with zero attached hydrogens (tertiary/aromatic N) is 1. The lowest BCUT2D eigenvalue weighted by Crippen LogP contribution is -2.31. The predicted octanol–water partition coefficient (Wildman–Crippen LogP) is 4.93. The van der Waals surface area contributed by atoms with Crippen molar-refractivity contribution >= 4 is 34.6 Å². The van der Waals surface area contributed by atoms with E-state index >= 15 is 0 Å². The highest BCUT2D eigenvalue weighted by Crippen LogP contribution is 2.27. The molecular formula is C18H20ClFN2OS. The van der Waals surface area contributed by atoms with Crippen LogP contribution >= 0.6 is 23.8 Å². The fourth-order valence-electron chi connectivity index (χ4n) is 2.43. The van der Waals surface area contributed by atoms with Crippen LogP contribution in [0.4, 0.5) is 10.1 Å². The van der Waals surface area contributed by atoms with Crippen molar-refractivity contribution in [3.63, 3.8) is 0 Å². The number of ether oxygens (including phenoxy) is 1. The zero-order valence-corrected chi connectivity index (χ0v) is 15.7. The topological polar surface area (TPSA) is 24.5 Å². The van der Waals surface area contributed by atoms with Gasteiger partial charge in [0.05, 0.1) is 17.8 Å². The Morgan fingerprint density at radius 2 is 2.00 bits per heavy atom. The first-order valence-electron chi connectivity index (χ1n) is 7.43. The average Bonchev–Trinajstić information content (AvgIpc) is 2.50. The summed E-state index contributed by atoms with van der Waals surface area (Å²) in [6.07, 6.45) is 0. The van der Waals surface area contributed by atoms with E-state index in [-0.39, 0.29) is 11.6 Å². The van der Waals surface area contributed by atoms with E-state index in [1.54, 1.807) is 6.07 Å². The van der Waals surface area contributed by atoms with Crippen LogP contribution in [-0.4, -0.2) is 24.2 Å². The van der Waals surface area contributed by atoms with Gasteiger partial charge in [0.1, 0.15) is 0 Å². The fourth-order valence-corrected chi connectivity index (χ4v) is 2.97. The lowest BCUT2D eigenvalue weighted by Gasteiger charge is -2.23. The Hall–Kier alpha value is -1.85. The average molecular weight is 367 g/mol. The van der Waals surface area contributed by atoms with E-state index in [0.717, 1.165) is 22.4 Å². The van der Waals surface area contributed by atoms with Crippen LogP contribution in [0, 0.1) is 19.7 Å². The second-order valence-corrected chi connectivity index (χ2v) is 6.49. The summed E-state index contributed by atoms with van der Waals surface area (Å²) in [5, 5.41) is 4.31. The Labute approximate surface area is 152 Å². The van der Waals surface area contributed by atoms with Crippen LogP contribution in [0.15, 0.2) is 30.3 Å². The lowest BCUT2D eigenvalue weighted by atomic mass is 10.1. The molecule has 0 fully saturated rings. The van der Waals surface area contributed by atoms with Gasteiger partial charge in [0.15, 0.2) is 16.7 Å². The van der Waals surface area contributed by atoms with Crippen molar-refractivity contribution in [1.82, 2.24) is 4.90 Å². The molecule has 2 aromatic rings. The van der Waals surface area contributed by atoms with Crippen molar-refractivity contribution in [2.45, 2.75) is 20.4 Å². The molecule has 1 N–H and O–H groups in total. The summed E-state index contributed by atoms with van der Waals surface area (Å²) in [7, 11) is 3.28. The molecule has 3 nitrogen and oxygen atoms in total. The van der Waals surface area contributed by atoms with Gasteiger partial charge in [0.25, 0.3) is 0 Å². The van der Waals surface area contributed by atoms with Crippen LogP contribution in [0.2, 0.25) is 5.02 Å². The number of aryl methyl sites for hydroxylation is 2. The molecular weight excluding hydrogens is 347 g/mol. The number of halogens is 2. The summed E-state index contributed by atoms with van der Waals surface area (Å²) in [6.45, 7) is 4.43. The number of hydrogen-bond acceptors (Lipinski definition) is 2. The first-order chi connectivity index (χ1) is 11.3. The van der Waals surface area contributed by atoms with E-state index in [9.17, 15) is 4.39 Å². The smallest absolute Gasteiger partial charge is 0.173 e. The Morgan fingerprint density at radius 1 is 1.29 bits per heavy atom. The molecule has 0 unspecified atom stereocenters. The zero-order valence-electron chi connectivity index (χ0n) is 14.1. The van der Waals surface area contributed by atoms with Crippen molar-refractivity contribution in [2.24, 2.45) is 0 Å². The summed E-state index contributed by atoms with van der Waals surface area (Å²) in [5.41, 5.74) is 3.70. The molecule has 0 atom stereocenters. The number of nitrogens with one attached hydrogen (secondary N) is 1. The molecule has 0 saturated carbocycles. The van der Waals surface area contributed by atoms with E-state index in [1.807, 2.05) is 44.0 Å². The third-order valence-corrected chi connectivity index (χ3v) is 4.36. The van der Waals surface area contributed by atoms with E-state index in [0.29, 0.717) is 16.7 Å². The molecule has 0 aromatic heterocycles. The van der Waals surface area contributed by atoms with E-state index < -0.39 is 0 Å². The Bertz CT molecular complexity index is 744. The second-order valence-electron chi connectivity index (χ2n) is 5.69. The van der Waals surface area contributed by atoms with Gasteiger partial charge in [-0.3, -0.25) is 0 Å². The summed E-state index contributed by atoms with van der Waals surface area (Å²) < 4.78 is 18.7. The number of anilines is 1. The predicted molar refractivity (Wildman–Crippen MR) is 102 cm³/mol. The van der Waals surface area contributed by atoms with Crippen molar-refractivity contribution in [3.8, 4) is 5.75 Å². The minimum absolute atomic E-state index is 0.226. The van der Waals surface area contributed by atoms with Crippen LogP contribution in [-0.2, 0) is 6.54 Å². The van der Waals surface area contributed by atoms with E-state index in [2.05, 4.69) is 5.32 Å². The van der Waals surface area contributed by atoms with Crippen LogP contribution in [0.1, 0.15) is 16.7 Å². The van der Waals surface area contributed by atoms with Crippen LogP contribution in [0.3, 0.4) is 0 Å². The van der Waals surface area contributed by atoms with Gasteiger partial charge < -0.3 is 15.0 Å². The molecule has 0 radical (unpaired) electrons. The largest absolute Gasteiger partial charge is 0.494 e. The molecule has 0 aliphatic heterocycles.